The molecule has 5 nitrogen and oxygen atoms in total. The molecule has 1 aliphatic heterocycles. The summed E-state index contributed by atoms with van der Waals surface area (Å²) in [4.78, 5) is 4.30. The van der Waals surface area contributed by atoms with E-state index >= 15 is 0 Å². The molecular weight excluding hydrogens is 296 g/mol. The fourth-order valence-corrected chi connectivity index (χ4v) is 3.24. The average molecular weight is 310 g/mol. The summed E-state index contributed by atoms with van der Waals surface area (Å²) in [5.74, 6) is 1.60. The summed E-state index contributed by atoms with van der Waals surface area (Å²) in [6.45, 7) is 0. The van der Waals surface area contributed by atoms with E-state index in [-0.39, 0.29) is 6.04 Å². The van der Waals surface area contributed by atoms with E-state index in [4.69, 9.17) is 4.74 Å². The third-order valence-corrected chi connectivity index (χ3v) is 4.39. The van der Waals surface area contributed by atoms with Crippen molar-refractivity contribution in [2.45, 2.75) is 6.04 Å². The van der Waals surface area contributed by atoms with Crippen LogP contribution in [0.5, 0.6) is 5.75 Å². The topological polar surface area (TPSA) is 52.0 Å². The van der Waals surface area contributed by atoms with Crippen molar-refractivity contribution in [3.05, 3.63) is 64.6 Å². The van der Waals surface area contributed by atoms with Crippen molar-refractivity contribution < 1.29 is 4.74 Å². The largest absolute Gasteiger partial charge is 0.497 e. The quantitative estimate of drug-likeness (QED) is 0.805. The number of rotatable bonds is 3. The minimum atomic E-state index is 0.0575. The normalized spacial score (nSPS) is 16.6. The highest BCUT2D eigenvalue weighted by Gasteiger charge is 2.23. The molecule has 0 fully saturated rings. The number of allylic oxidation sites excluding steroid dienone is 1. The third kappa shape index (κ3) is 2.17. The van der Waals surface area contributed by atoms with Crippen LogP contribution < -0.4 is 10.1 Å². The molecule has 6 heteroatoms. The molecule has 0 radical (unpaired) electrons. The standard InChI is InChI=1S/C16H14N4OS/c1-21-13-4-2-11(3-5-13)14-8-15(12-6-7-22-9-12)20-16(19-14)17-10-18-20/h2-10,15H,1H3,(H,17,18,19)/t15-/m0/s1. The van der Waals surface area contributed by atoms with Crippen LogP contribution in [0.1, 0.15) is 17.2 Å². The molecule has 1 aliphatic rings. The van der Waals surface area contributed by atoms with E-state index in [1.165, 1.54) is 5.56 Å². The van der Waals surface area contributed by atoms with E-state index in [1.807, 2.05) is 28.9 Å². The first-order chi connectivity index (χ1) is 10.8. The van der Waals surface area contributed by atoms with Gasteiger partial charge in [-0.25, -0.2) is 4.68 Å². The summed E-state index contributed by atoms with van der Waals surface area (Å²) in [5, 5.41) is 11.9. The summed E-state index contributed by atoms with van der Waals surface area (Å²) >= 11 is 1.68. The zero-order chi connectivity index (χ0) is 14.9. The summed E-state index contributed by atoms with van der Waals surface area (Å²) < 4.78 is 7.11. The van der Waals surface area contributed by atoms with Crippen LogP contribution in [0.2, 0.25) is 0 Å². The molecule has 3 aromatic rings. The number of anilines is 1. The number of methoxy groups -OCH3 is 1. The van der Waals surface area contributed by atoms with E-state index < -0.39 is 0 Å². The SMILES string of the molecule is COc1ccc(C2=C[C@@H](c3ccsc3)n3ncnc3N2)cc1. The van der Waals surface area contributed by atoms with Gasteiger partial charge in [0, 0.05) is 5.70 Å². The number of thiophene rings is 1. The number of hydrogen-bond donors (Lipinski definition) is 1. The second-order valence-corrected chi connectivity index (χ2v) is 5.74. The lowest BCUT2D eigenvalue weighted by atomic mass is 10.0. The molecule has 3 heterocycles. The summed E-state index contributed by atoms with van der Waals surface area (Å²) in [5.41, 5.74) is 3.33. The zero-order valence-corrected chi connectivity index (χ0v) is 12.7. The van der Waals surface area contributed by atoms with Crippen molar-refractivity contribution in [2.24, 2.45) is 0 Å². The number of ether oxygens (including phenoxy) is 1. The van der Waals surface area contributed by atoms with Gasteiger partial charge < -0.3 is 10.1 Å². The second-order valence-electron chi connectivity index (χ2n) is 4.96. The predicted molar refractivity (Wildman–Crippen MR) is 87.1 cm³/mol. The number of aromatic nitrogens is 3. The highest BCUT2D eigenvalue weighted by molar-refractivity contribution is 7.08. The van der Waals surface area contributed by atoms with Crippen molar-refractivity contribution >= 4 is 23.0 Å². The molecule has 1 aromatic carbocycles. The molecule has 2 aromatic heterocycles. The average Bonchev–Trinajstić information content (AvgIpc) is 3.25. The van der Waals surface area contributed by atoms with Gasteiger partial charge in [-0.15, -0.1) is 0 Å². The number of benzene rings is 1. The Morgan fingerprint density at radius 1 is 1.23 bits per heavy atom. The summed E-state index contributed by atoms with van der Waals surface area (Å²) in [7, 11) is 1.67. The summed E-state index contributed by atoms with van der Waals surface area (Å²) in [6.07, 6.45) is 3.75. The fraction of sp³-hybridized carbons (Fsp3) is 0.125. The van der Waals surface area contributed by atoms with Crippen LogP contribution in [-0.4, -0.2) is 21.9 Å². The Hall–Kier alpha value is -2.60. The van der Waals surface area contributed by atoms with Gasteiger partial charge in [0.25, 0.3) is 0 Å². The van der Waals surface area contributed by atoms with Gasteiger partial charge in [-0.05, 0) is 58.3 Å². The maximum atomic E-state index is 5.22. The molecule has 0 spiro atoms. The maximum absolute atomic E-state index is 5.22. The lowest BCUT2D eigenvalue weighted by Crippen LogP contribution is -2.19. The minimum absolute atomic E-state index is 0.0575. The van der Waals surface area contributed by atoms with E-state index in [2.05, 4.69) is 38.3 Å². The van der Waals surface area contributed by atoms with Gasteiger partial charge in [0.15, 0.2) is 0 Å². The number of hydrogen-bond acceptors (Lipinski definition) is 5. The highest BCUT2D eigenvalue weighted by atomic mass is 32.1. The Kier molecular flexibility index (Phi) is 3.16. The molecule has 0 saturated heterocycles. The number of nitrogens with zero attached hydrogens (tertiary/aromatic N) is 3. The molecule has 110 valence electrons. The molecule has 0 saturated carbocycles. The van der Waals surface area contributed by atoms with Gasteiger partial charge in [0.2, 0.25) is 5.95 Å². The first kappa shape index (κ1) is 13.1. The van der Waals surface area contributed by atoms with E-state index in [1.54, 1.807) is 24.8 Å². The molecular formula is C16H14N4OS. The molecule has 22 heavy (non-hydrogen) atoms. The first-order valence-electron chi connectivity index (χ1n) is 6.90. The monoisotopic (exact) mass is 310 g/mol. The molecule has 0 unspecified atom stereocenters. The molecule has 4 rings (SSSR count). The van der Waals surface area contributed by atoms with Crippen LogP contribution in [0, 0.1) is 0 Å². The smallest absolute Gasteiger partial charge is 0.226 e. The Bertz CT molecular complexity index is 805. The van der Waals surface area contributed by atoms with Gasteiger partial charge in [-0.2, -0.15) is 21.4 Å². The van der Waals surface area contributed by atoms with Gasteiger partial charge in [-0.3, -0.25) is 0 Å². The summed E-state index contributed by atoms with van der Waals surface area (Å²) in [6, 6.07) is 10.2. The molecule has 1 N–H and O–H groups in total. The van der Waals surface area contributed by atoms with Crippen molar-refractivity contribution in [1.29, 1.82) is 0 Å². The Morgan fingerprint density at radius 3 is 2.82 bits per heavy atom. The number of fused-ring (bicyclic) bond motifs is 1. The van der Waals surface area contributed by atoms with Crippen LogP contribution in [0.4, 0.5) is 5.95 Å². The lowest BCUT2D eigenvalue weighted by Gasteiger charge is -2.23. The molecule has 0 amide bonds. The zero-order valence-electron chi connectivity index (χ0n) is 11.9. The van der Waals surface area contributed by atoms with Crippen LogP contribution in [0.15, 0.2) is 53.5 Å². The Balaban J connectivity index is 1.76. The molecule has 0 aliphatic carbocycles. The van der Waals surface area contributed by atoms with Crippen LogP contribution >= 0.6 is 11.3 Å². The van der Waals surface area contributed by atoms with E-state index in [9.17, 15) is 0 Å². The lowest BCUT2D eigenvalue weighted by molar-refractivity contribution is 0.415. The predicted octanol–water partition coefficient (Wildman–Crippen LogP) is 3.40. The van der Waals surface area contributed by atoms with Crippen molar-refractivity contribution in [2.75, 3.05) is 12.4 Å². The van der Waals surface area contributed by atoms with Crippen molar-refractivity contribution in [1.82, 2.24) is 14.8 Å². The van der Waals surface area contributed by atoms with Crippen LogP contribution in [0.3, 0.4) is 0 Å². The first-order valence-corrected chi connectivity index (χ1v) is 7.84. The third-order valence-electron chi connectivity index (χ3n) is 3.69. The number of nitrogens with one attached hydrogen (secondary N) is 1. The Morgan fingerprint density at radius 2 is 2.09 bits per heavy atom. The maximum Gasteiger partial charge on any atom is 0.226 e. The van der Waals surface area contributed by atoms with Crippen LogP contribution in [0.25, 0.3) is 5.70 Å². The minimum Gasteiger partial charge on any atom is -0.497 e. The van der Waals surface area contributed by atoms with Gasteiger partial charge in [0.05, 0.1) is 7.11 Å². The second kappa shape index (κ2) is 5.31. The van der Waals surface area contributed by atoms with Crippen LogP contribution in [-0.2, 0) is 0 Å². The van der Waals surface area contributed by atoms with E-state index in [0.717, 1.165) is 23.0 Å². The van der Waals surface area contributed by atoms with Crippen molar-refractivity contribution in [3.8, 4) is 5.75 Å². The fourth-order valence-electron chi connectivity index (χ4n) is 2.55. The Labute approximate surface area is 131 Å². The highest BCUT2D eigenvalue weighted by Crippen LogP contribution is 2.33. The van der Waals surface area contributed by atoms with Gasteiger partial charge >= 0.3 is 0 Å². The molecule has 0 bridgehead atoms. The van der Waals surface area contributed by atoms with Gasteiger partial charge in [0.1, 0.15) is 18.1 Å². The molecule has 1 atom stereocenters. The van der Waals surface area contributed by atoms with Crippen molar-refractivity contribution in [3.63, 3.8) is 0 Å². The van der Waals surface area contributed by atoms with Gasteiger partial charge in [-0.1, -0.05) is 0 Å². The van der Waals surface area contributed by atoms with E-state index in [0.29, 0.717) is 0 Å².